The molecule has 19 atom stereocenters. The fourth-order valence-electron chi connectivity index (χ4n) is 11.1. The van der Waals surface area contributed by atoms with Gasteiger partial charge in [0.2, 0.25) is 5.79 Å². The van der Waals surface area contributed by atoms with Crippen LogP contribution in [-0.4, -0.2) is 99.7 Å². The molecule has 11 heteroatoms. The molecule has 0 bridgehead atoms. The maximum Gasteiger partial charge on any atom is 0.311 e. The summed E-state index contributed by atoms with van der Waals surface area (Å²) >= 11 is 0. The van der Waals surface area contributed by atoms with Gasteiger partial charge in [0.05, 0.1) is 60.9 Å². The van der Waals surface area contributed by atoms with Gasteiger partial charge in [-0.05, 0) is 95.1 Å². The average molecular weight is 779 g/mol. The van der Waals surface area contributed by atoms with Crippen LogP contribution < -0.4 is 0 Å². The molecule has 0 saturated carbocycles. The van der Waals surface area contributed by atoms with Crippen molar-refractivity contribution in [1.82, 2.24) is 0 Å². The van der Waals surface area contributed by atoms with Gasteiger partial charge in [-0.1, -0.05) is 62.3 Å². The third kappa shape index (κ3) is 8.26. The minimum atomic E-state index is -1.37. The minimum Gasteiger partial charge on any atom is -0.469 e. The van der Waals surface area contributed by atoms with Crippen molar-refractivity contribution in [2.45, 2.75) is 199 Å². The number of ether oxygens (including phenoxy) is 6. The Labute approximate surface area is 330 Å². The molecule has 0 radical (unpaired) electrons. The number of rotatable bonds is 12. The molecule has 11 nitrogen and oxygen atoms in total. The van der Waals surface area contributed by atoms with Crippen LogP contribution in [0.2, 0.25) is 0 Å². The van der Waals surface area contributed by atoms with E-state index in [-0.39, 0.29) is 65.8 Å². The van der Waals surface area contributed by atoms with E-state index >= 15 is 0 Å². The summed E-state index contributed by atoms with van der Waals surface area (Å²) in [6.07, 6.45) is 5.27. The summed E-state index contributed by atoms with van der Waals surface area (Å²) in [6, 6.07) is 0. The largest absolute Gasteiger partial charge is 0.469 e. The highest BCUT2D eigenvalue weighted by molar-refractivity contribution is 5.84. The average Bonchev–Trinajstić information content (AvgIpc) is 3.50. The smallest absolute Gasteiger partial charge is 0.311 e. The van der Waals surface area contributed by atoms with E-state index in [0.717, 1.165) is 12.8 Å². The summed E-state index contributed by atoms with van der Waals surface area (Å²) in [4.78, 5) is 27.2. The Morgan fingerprint density at radius 2 is 1.51 bits per heavy atom. The van der Waals surface area contributed by atoms with Crippen LogP contribution in [0, 0.1) is 47.3 Å². The molecule has 5 rings (SSSR count). The van der Waals surface area contributed by atoms with Crippen LogP contribution >= 0.6 is 0 Å². The second-order valence-electron chi connectivity index (χ2n) is 18.7. The molecule has 3 N–H and O–H groups in total. The maximum absolute atomic E-state index is 14.5. The Morgan fingerprint density at radius 3 is 2.11 bits per heavy atom. The van der Waals surface area contributed by atoms with Crippen LogP contribution in [0.5, 0.6) is 0 Å². The molecule has 316 valence electrons. The van der Waals surface area contributed by atoms with E-state index in [1.807, 2.05) is 41.5 Å². The van der Waals surface area contributed by atoms with Gasteiger partial charge in [0, 0.05) is 30.1 Å². The van der Waals surface area contributed by atoms with E-state index in [1.165, 1.54) is 7.11 Å². The van der Waals surface area contributed by atoms with Gasteiger partial charge in [0.1, 0.15) is 11.9 Å². The fraction of sp³-hybridized carbons (Fsp3) is 0.909. The molecule has 4 fully saturated rings. The first kappa shape index (κ1) is 44.7. The number of esters is 1. The van der Waals surface area contributed by atoms with Crippen molar-refractivity contribution < 1.29 is 53.3 Å². The Balaban J connectivity index is 1.31. The number of hydrogen-bond donors (Lipinski definition) is 3. The van der Waals surface area contributed by atoms with Crippen LogP contribution in [0.4, 0.5) is 0 Å². The highest BCUT2D eigenvalue weighted by Gasteiger charge is 2.63. The Kier molecular flexibility index (Phi) is 13.8. The fourth-order valence-corrected chi connectivity index (χ4v) is 11.1. The highest BCUT2D eigenvalue weighted by Crippen LogP contribution is 2.54. The van der Waals surface area contributed by atoms with Crippen LogP contribution in [0.25, 0.3) is 0 Å². The van der Waals surface area contributed by atoms with E-state index < -0.39 is 58.8 Å². The summed E-state index contributed by atoms with van der Waals surface area (Å²) in [5, 5.41) is 34.4. The van der Waals surface area contributed by atoms with E-state index in [0.29, 0.717) is 44.9 Å². The number of carbonyl (C=O) groups excluding carboxylic acids is 2. The normalized spacial score (nSPS) is 46.2. The molecule has 0 aliphatic carbocycles. The minimum absolute atomic E-state index is 0.0218. The van der Waals surface area contributed by atoms with Crippen molar-refractivity contribution in [2.75, 3.05) is 7.11 Å². The second kappa shape index (κ2) is 17.0. The summed E-state index contributed by atoms with van der Waals surface area (Å²) < 4.78 is 38.9. The molecule has 0 amide bonds. The van der Waals surface area contributed by atoms with Crippen molar-refractivity contribution in [3.63, 3.8) is 0 Å². The first-order valence-corrected chi connectivity index (χ1v) is 21.5. The Hall–Kier alpha value is -1.44. The zero-order chi connectivity index (χ0) is 40.8. The molecule has 0 aromatic carbocycles. The Bertz CT molecular complexity index is 1370. The predicted molar refractivity (Wildman–Crippen MR) is 208 cm³/mol. The molecule has 5 heterocycles. The van der Waals surface area contributed by atoms with Crippen LogP contribution in [0.3, 0.4) is 0 Å². The number of hydrogen-bond acceptors (Lipinski definition) is 11. The van der Waals surface area contributed by atoms with Crippen molar-refractivity contribution in [1.29, 1.82) is 0 Å². The van der Waals surface area contributed by atoms with Gasteiger partial charge in [0.15, 0.2) is 5.79 Å². The van der Waals surface area contributed by atoms with E-state index in [9.17, 15) is 24.9 Å². The van der Waals surface area contributed by atoms with Gasteiger partial charge < -0.3 is 43.7 Å². The van der Waals surface area contributed by atoms with Gasteiger partial charge in [-0.2, -0.15) is 0 Å². The third-order valence-electron chi connectivity index (χ3n) is 15.0. The zero-order valence-electron chi connectivity index (χ0n) is 35.8. The molecule has 19 unspecified atom stereocenters. The van der Waals surface area contributed by atoms with Crippen molar-refractivity contribution in [3.8, 4) is 0 Å². The lowest BCUT2D eigenvalue weighted by Crippen LogP contribution is -2.63. The lowest BCUT2D eigenvalue weighted by molar-refractivity contribution is -0.409. The summed E-state index contributed by atoms with van der Waals surface area (Å²) in [5.74, 6) is -4.72. The molecular weight excluding hydrogens is 704 g/mol. The van der Waals surface area contributed by atoms with Crippen LogP contribution in [0.15, 0.2) is 12.2 Å². The second-order valence-corrected chi connectivity index (χ2v) is 18.7. The summed E-state index contributed by atoms with van der Waals surface area (Å²) in [5.41, 5.74) is -1.62. The number of aliphatic hydroxyl groups is 3. The molecule has 5 aliphatic rings. The predicted octanol–water partition coefficient (Wildman–Crippen LogP) is 6.52. The van der Waals surface area contributed by atoms with Gasteiger partial charge in [0.25, 0.3) is 0 Å². The van der Waals surface area contributed by atoms with Crippen molar-refractivity contribution in [3.05, 3.63) is 12.2 Å². The number of Topliss-reactive ketones (excluding diaryl/α,β-unsaturated/α-hetero) is 1. The standard InChI is InChI=1S/C44H74O11/c1-13-31(36(47)28(8)35(46)29(9)37-24(4)22-25(5)38(52-37)32(14-2)40(48)50-12)39-26(6)23-27(7)43(53-39)19-16-33(45)44(55-43)21-20-41(11,54-44)34-17-18-42(49,15-3)30(10)51-34/h16,19,24-35,37-39,45-46,49H,13-15,17-18,20-23H2,1-12H3. The summed E-state index contributed by atoms with van der Waals surface area (Å²) in [7, 11) is 1.40. The van der Waals surface area contributed by atoms with Crippen LogP contribution in [-0.2, 0) is 38.0 Å². The van der Waals surface area contributed by atoms with Crippen molar-refractivity contribution >= 4 is 11.8 Å². The molecule has 55 heavy (non-hydrogen) atoms. The van der Waals surface area contributed by atoms with Gasteiger partial charge >= 0.3 is 5.97 Å². The number of ketones is 1. The molecule has 5 aliphatic heterocycles. The van der Waals surface area contributed by atoms with Crippen molar-refractivity contribution in [2.24, 2.45) is 47.3 Å². The zero-order valence-corrected chi connectivity index (χ0v) is 35.8. The van der Waals surface area contributed by atoms with Gasteiger partial charge in [-0.15, -0.1) is 0 Å². The maximum atomic E-state index is 14.5. The SMILES string of the molecule is CCC(C(=O)OC)C1OC(C(C)C(O)C(C)C(=O)C(CC)C2OC3(C=CC(O)C4(CCC(C)(C5CCC(O)(CC)C(C)O5)O4)O3)C(C)CC2C)C(C)CC1C. The van der Waals surface area contributed by atoms with E-state index in [1.54, 1.807) is 19.1 Å². The van der Waals surface area contributed by atoms with Gasteiger partial charge in [-0.25, -0.2) is 0 Å². The molecular formula is C44H74O11. The Morgan fingerprint density at radius 1 is 0.873 bits per heavy atom. The number of methoxy groups -OCH3 is 1. The van der Waals surface area contributed by atoms with E-state index in [4.69, 9.17) is 28.4 Å². The molecule has 0 aromatic rings. The third-order valence-corrected chi connectivity index (χ3v) is 15.0. The molecule has 2 spiro atoms. The van der Waals surface area contributed by atoms with E-state index in [2.05, 4.69) is 27.7 Å². The number of carbonyl (C=O) groups is 2. The lowest BCUT2D eigenvalue weighted by Gasteiger charge is -2.54. The topological polar surface area (TPSA) is 150 Å². The first-order valence-electron chi connectivity index (χ1n) is 21.5. The van der Waals surface area contributed by atoms with Gasteiger partial charge in [-0.3, -0.25) is 9.59 Å². The first-order chi connectivity index (χ1) is 25.8. The highest BCUT2D eigenvalue weighted by atomic mass is 16.8. The molecule has 4 saturated heterocycles. The lowest BCUT2D eigenvalue weighted by atomic mass is 9.72. The quantitative estimate of drug-likeness (QED) is 0.147. The van der Waals surface area contributed by atoms with Crippen LogP contribution in [0.1, 0.15) is 134 Å². The molecule has 0 aromatic heterocycles. The number of aliphatic hydroxyl groups excluding tert-OH is 2. The monoisotopic (exact) mass is 779 g/mol. The summed E-state index contributed by atoms with van der Waals surface area (Å²) in [6.45, 7) is 22.0.